The second-order valence-electron chi connectivity index (χ2n) is 16.2. The Morgan fingerprint density at radius 1 is 0.827 bits per heavy atom. The Hall–Kier alpha value is -3.53. The van der Waals surface area contributed by atoms with Gasteiger partial charge in [0.05, 0.1) is 11.6 Å². The van der Waals surface area contributed by atoms with Crippen molar-refractivity contribution in [3.63, 3.8) is 0 Å². The molecule has 3 aliphatic rings. The minimum absolute atomic E-state index is 0.0498. The molecule has 0 saturated heterocycles. The van der Waals surface area contributed by atoms with Crippen molar-refractivity contribution in [2.45, 2.75) is 91.6 Å². The van der Waals surface area contributed by atoms with Crippen LogP contribution in [0.25, 0.3) is 0 Å². The van der Waals surface area contributed by atoms with Crippen LogP contribution in [0.4, 0.5) is 0 Å². The number of carbonyl (C=O) groups is 2. The highest BCUT2D eigenvalue weighted by atomic mass is 31.2. The zero-order chi connectivity index (χ0) is 36.8. The van der Waals surface area contributed by atoms with Crippen LogP contribution in [-0.4, -0.2) is 42.5 Å². The molecule has 1 unspecified atom stereocenters. The van der Waals surface area contributed by atoms with Crippen LogP contribution >= 0.6 is 7.26 Å². The molecule has 1 fully saturated rings. The molecule has 1 saturated carbocycles. The molecule has 276 valence electrons. The van der Waals surface area contributed by atoms with Gasteiger partial charge >= 0.3 is 11.9 Å². The molecule has 3 aromatic rings. The summed E-state index contributed by atoms with van der Waals surface area (Å²) in [7, 11) is -1.95. The van der Waals surface area contributed by atoms with Crippen LogP contribution in [0.1, 0.15) is 85.5 Å². The van der Waals surface area contributed by atoms with Gasteiger partial charge in [-0.15, -0.1) is 0 Å². The monoisotopic (exact) mass is 721 g/mol. The lowest BCUT2D eigenvalue weighted by Gasteiger charge is -2.57. The van der Waals surface area contributed by atoms with Crippen molar-refractivity contribution >= 4 is 35.1 Å². The van der Waals surface area contributed by atoms with Crippen molar-refractivity contribution in [2.75, 3.05) is 19.4 Å². The van der Waals surface area contributed by atoms with E-state index in [0.717, 1.165) is 51.1 Å². The van der Waals surface area contributed by atoms with Crippen LogP contribution in [0, 0.1) is 28.6 Å². The summed E-state index contributed by atoms with van der Waals surface area (Å²) in [6.45, 7) is 8.67. The van der Waals surface area contributed by atoms with Gasteiger partial charge in [0.25, 0.3) is 0 Å². The molecular formula is C46H58O5P+. The Labute approximate surface area is 312 Å². The molecule has 0 spiro atoms. The van der Waals surface area contributed by atoms with Gasteiger partial charge in [-0.05, 0) is 117 Å². The van der Waals surface area contributed by atoms with Crippen molar-refractivity contribution in [1.82, 2.24) is 0 Å². The number of unbranched alkanes of at least 4 members (excludes halogenated alkanes) is 1. The topological polar surface area (TPSA) is 72.8 Å². The zero-order valence-corrected chi connectivity index (χ0v) is 32.5. The fourth-order valence-corrected chi connectivity index (χ4v) is 14.1. The van der Waals surface area contributed by atoms with E-state index in [0.29, 0.717) is 18.3 Å². The molecule has 0 amide bonds. The van der Waals surface area contributed by atoms with Gasteiger partial charge in [-0.25, -0.2) is 0 Å². The first-order chi connectivity index (χ1) is 25.1. The van der Waals surface area contributed by atoms with E-state index in [9.17, 15) is 14.7 Å². The Balaban J connectivity index is 1.01. The zero-order valence-electron chi connectivity index (χ0n) is 31.6. The Bertz CT molecular complexity index is 1620. The largest absolute Gasteiger partial charge is 0.463 e. The maximum absolute atomic E-state index is 13.8. The van der Waals surface area contributed by atoms with Gasteiger partial charge in [-0.2, -0.15) is 0 Å². The summed E-state index contributed by atoms with van der Waals surface area (Å²) in [5.74, 6) is 0.665. The van der Waals surface area contributed by atoms with Gasteiger partial charge in [0.15, 0.2) is 0 Å². The van der Waals surface area contributed by atoms with E-state index in [2.05, 4.69) is 131 Å². The maximum atomic E-state index is 13.8. The predicted octanol–water partition coefficient (Wildman–Crippen LogP) is 8.73. The fraction of sp³-hybridized carbons (Fsp3) is 0.478. The highest BCUT2D eigenvalue weighted by molar-refractivity contribution is 7.95. The molecule has 0 heterocycles. The van der Waals surface area contributed by atoms with Gasteiger partial charge in [0.2, 0.25) is 0 Å². The quantitative estimate of drug-likeness (QED) is 0.102. The number of ether oxygens (including phenoxy) is 2. The van der Waals surface area contributed by atoms with E-state index in [4.69, 9.17) is 9.47 Å². The van der Waals surface area contributed by atoms with Crippen molar-refractivity contribution in [1.29, 1.82) is 0 Å². The van der Waals surface area contributed by atoms with Gasteiger partial charge in [0.1, 0.15) is 42.5 Å². The van der Waals surface area contributed by atoms with Crippen LogP contribution in [0.3, 0.4) is 0 Å². The van der Waals surface area contributed by atoms with Crippen molar-refractivity contribution in [3.8, 4) is 0 Å². The number of aliphatic hydroxyl groups excluding tert-OH is 1. The van der Waals surface area contributed by atoms with E-state index in [-0.39, 0.29) is 42.9 Å². The van der Waals surface area contributed by atoms with Crippen LogP contribution in [0.2, 0.25) is 0 Å². The minimum Gasteiger partial charge on any atom is -0.463 e. The van der Waals surface area contributed by atoms with Crippen LogP contribution in [-0.2, 0) is 19.1 Å². The number of aliphatic hydroxyl groups is 1. The molecule has 3 aromatic carbocycles. The van der Waals surface area contributed by atoms with Gasteiger partial charge in [-0.3, -0.25) is 9.59 Å². The number of hydrogen-bond donors (Lipinski definition) is 1. The molecule has 0 aromatic heterocycles. The first-order valence-electron chi connectivity index (χ1n) is 19.5. The van der Waals surface area contributed by atoms with Crippen molar-refractivity contribution < 1.29 is 24.2 Å². The Morgan fingerprint density at radius 3 is 1.98 bits per heavy atom. The summed E-state index contributed by atoms with van der Waals surface area (Å²) in [4.78, 5) is 26.6. The fourth-order valence-electron chi connectivity index (χ4n) is 9.74. The normalized spacial score (nSPS) is 24.9. The van der Waals surface area contributed by atoms with Crippen LogP contribution in [0.5, 0.6) is 0 Å². The summed E-state index contributed by atoms with van der Waals surface area (Å²) in [6.07, 6.45) is 12.6. The average molecular weight is 722 g/mol. The first kappa shape index (κ1) is 38.2. The second kappa shape index (κ2) is 16.6. The van der Waals surface area contributed by atoms with Gasteiger partial charge in [-0.1, -0.05) is 99.5 Å². The first-order valence-corrected chi connectivity index (χ1v) is 21.5. The second-order valence-corrected chi connectivity index (χ2v) is 19.8. The van der Waals surface area contributed by atoms with E-state index < -0.39 is 18.8 Å². The van der Waals surface area contributed by atoms with E-state index in [1.54, 1.807) is 0 Å². The summed E-state index contributed by atoms with van der Waals surface area (Å²) in [6, 6.07) is 32.3. The standard InChI is InChI=1S/C46H58O5P/c1-34(2)35-24-26-41-36(31-35)25-27-42-45(41,3)28-16-29-46(42,4)44(49)51-33-37(47)32-50-43(48)23-14-15-30-52(38-17-8-5-9-18-38,39-19-10-6-11-20-39)40-21-12-7-13-22-40/h5-13,17-22,25,31,34,37,41-42,47H,14-16,23-24,26-30,32-33H2,1-4H3/q+1/t37?,41-,42+,45+,46+/m0/s1. The van der Waals surface area contributed by atoms with Gasteiger partial charge < -0.3 is 14.6 Å². The molecule has 6 heteroatoms. The lowest BCUT2D eigenvalue weighted by molar-refractivity contribution is -0.173. The average Bonchev–Trinajstić information content (AvgIpc) is 3.17. The van der Waals surface area contributed by atoms with E-state index in [1.165, 1.54) is 27.1 Å². The minimum atomic E-state index is -1.95. The smallest absolute Gasteiger partial charge is 0.312 e. The predicted molar refractivity (Wildman–Crippen MR) is 214 cm³/mol. The Morgan fingerprint density at radius 2 is 1.40 bits per heavy atom. The highest BCUT2D eigenvalue weighted by Gasteiger charge is 2.57. The van der Waals surface area contributed by atoms with Crippen LogP contribution in [0.15, 0.2) is 114 Å². The summed E-state index contributed by atoms with van der Waals surface area (Å²) < 4.78 is 11.3. The molecule has 0 bridgehead atoms. The van der Waals surface area contributed by atoms with Crippen molar-refractivity contribution in [3.05, 3.63) is 114 Å². The molecule has 5 nitrogen and oxygen atoms in total. The molecular weight excluding hydrogens is 663 g/mol. The molecule has 5 atom stereocenters. The number of esters is 2. The van der Waals surface area contributed by atoms with E-state index >= 15 is 0 Å². The third-order valence-electron chi connectivity index (χ3n) is 12.6. The molecule has 0 radical (unpaired) electrons. The molecule has 6 rings (SSSR count). The number of allylic oxidation sites excluding steroid dienone is 4. The highest BCUT2D eigenvalue weighted by Crippen LogP contribution is 2.62. The maximum Gasteiger partial charge on any atom is 0.312 e. The summed E-state index contributed by atoms with van der Waals surface area (Å²) >= 11 is 0. The van der Waals surface area contributed by atoms with Crippen LogP contribution < -0.4 is 15.9 Å². The number of hydrogen-bond acceptors (Lipinski definition) is 5. The molecule has 52 heavy (non-hydrogen) atoms. The lowest BCUT2D eigenvalue weighted by Crippen LogP contribution is -2.53. The summed E-state index contributed by atoms with van der Waals surface area (Å²) in [5, 5.41) is 14.7. The van der Waals surface area contributed by atoms with Gasteiger partial charge in [0, 0.05) is 6.42 Å². The third kappa shape index (κ3) is 7.87. The van der Waals surface area contributed by atoms with Crippen molar-refractivity contribution in [2.24, 2.45) is 28.6 Å². The number of rotatable bonds is 14. The lowest BCUT2D eigenvalue weighted by atomic mass is 9.47. The number of carbonyl (C=O) groups excluding carboxylic acids is 2. The third-order valence-corrected chi connectivity index (χ3v) is 17.1. The SMILES string of the molecule is CC(C)C1=CC2=CC[C@@H]3[C@](C)(CCC[C@@]3(C)C(=O)OCC(O)COC(=O)CCCC[P+](c3ccccc3)(c3ccccc3)c3ccccc3)[C@H]2CC1. The number of benzene rings is 3. The molecule has 1 N–H and O–H groups in total. The number of fused-ring (bicyclic) bond motifs is 3. The Kier molecular flexibility index (Phi) is 12.2. The molecule has 0 aliphatic heterocycles. The molecule has 3 aliphatic carbocycles. The van der Waals surface area contributed by atoms with E-state index in [1.807, 2.05) is 0 Å². The summed E-state index contributed by atoms with van der Waals surface area (Å²) in [5.41, 5.74) is 2.45.